The van der Waals surface area contributed by atoms with Crippen LogP contribution in [0, 0.1) is 23.2 Å². The van der Waals surface area contributed by atoms with E-state index in [1.165, 1.54) is 12.8 Å². The molecule has 0 aromatic rings. The molecule has 0 spiro atoms. The van der Waals surface area contributed by atoms with Gasteiger partial charge in [0, 0.05) is 12.3 Å². The van der Waals surface area contributed by atoms with Crippen LogP contribution in [-0.2, 0) is 9.59 Å². The molecule has 2 rings (SSSR count). The van der Waals surface area contributed by atoms with Gasteiger partial charge in [-0.3, -0.25) is 9.59 Å². The van der Waals surface area contributed by atoms with Crippen LogP contribution < -0.4 is 0 Å². The molecule has 0 unspecified atom stereocenters. The van der Waals surface area contributed by atoms with Crippen LogP contribution in [0.3, 0.4) is 0 Å². The molecule has 0 amide bonds. The highest BCUT2D eigenvalue weighted by atomic mass is 16.4. The van der Waals surface area contributed by atoms with Gasteiger partial charge in [0.25, 0.3) is 0 Å². The lowest BCUT2D eigenvalue weighted by atomic mass is 9.66. The zero-order valence-electron chi connectivity index (χ0n) is 10.0. The van der Waals surface area contributed by atoms with E-state index < -0.39 is 5.97 Å². The van der Waals surface area contributed by atoms with Crippen LogP contribution >= 0.6 is 0 Å². The van der Waals surface area contributed by atoms with E-state index in [1.807, 2.05) is 0 Å². The van der Waals surface area contributed by atoms with Crippen LogP contribution in [0.25, 0.3) is 0 Å². The van der Waals surface area contributed by atoms with Crippen molar-refractivity contribution in [3.63, 3.8) is 0 Å². The topological polar surface area (TPSA) is 54.4 Å². The minimum absolute atomic E-state index is 0.0111. The molecule has 3 atom stereocenters. The summed E-state index contributed by atoms with van der Waals surface area (Å²) in [7, 11) is 0. The Balaban J connectivity index is 2.03. The van der Waals surface area contributed by atoms with E-state index in [1.54, 1.807) is 0 Å². The summed E-state index contributed by atoms with van der Waals surface area (Å²) in [5.74, 6) is 0.636. The molecule has 3 nitrogen and oxygen atoms in total. The Morgan fingerprint density at radius 2 is 1.94 bits per heavy atom. The van der Waals surface area contributed by atoms with Crippen molar-refractivity contribution < 1.29 is 14.7 Å². The third-order valence-corrected chi connectivity index (χ3v) is 4.73. The second-order valence-corrected chi connectivity index (χ2v) is 5.93. The van der Waals surface area contributed by atoms with E-state index in [0.717, 1.165) is 6.42 Å². The molecule has 3 heteroatoms. The number of carboxylic acid groups (broad SMARTS) is 1. The molecule has 0 radical (unpaired) electrons. The van der Waals surface area contributed by atoms with Crippen molar-refractivity contribution in [1.29, 1.82) is 0 Å². The zero-order chi connectivity index (χ0) is 11.9. The second-order valence-electron chi connectivity index (χ2n) is 5.93. The maximum atomic E-state index is 12.1. The van der Waals surface area contributed by atoms with Crippen LogP contribution in [0.1, 0.15) is 46.0 Å². The van der Waals surface area contributed by atoms with Gasteiger partial charge in [0.05, 0.1) is 6.42 Å². The van der Waals surface area contributed by atoms with Crippen molar-refractivity contribution >= 4 is 11.8 Å². The van der Waals surface area contributed by atoms with Gasteiger partial charge in [-0.15, -0.1) is 0 Å². The number of hydrogen-bond acceptors (Lipinski definition) is 2. The number of hydrogen-bond donors (Lipinski definition) is 1. The van der Waals surface area contributed by atoms with Crippen molar-refractivity contribution in [2.24, 2.45) is 23.2 Å². The lowest BCUT2D eigenvalue weighted by Crippen LogP contribution is -2.36. The molecule has 2 aliphatic rings. The van der Waals surface area contributed by atoms with E-state index in [4.69, 9.17) is 5.11 Å². The Morgan fingerprint density at radius 3 is 2.44 bits per heavy atom. The average molecular weight is 224 g/mol. The van der Waals surface area contributed by atoms with Crippen molar-refractivity contribution in [1.82, 2.24) is 0 Å². The first kappa shape index (κ1) is 11.6. The molecule has 16 heavy (non-hydrogen) atoms. The summed E-state index contributed by atoms with van der Waals surface area (Å²) in [5.41, 5.74) is 0.0957. The lowest BCUT2D eigenvalue weighted by molar-refractivity contribution is -0.140. The Hall–Kier alpha value is -0.860. The minimum Gasteiger partial charge on any atom is -0.481 e. The monoisotopic (exact) mass is 224 g/mol. The van der Waals surface area contributed by atoms with E-state index in [9.17, 15) is 9.59 Å². The van der Waals surface area contributed by atoms with Crippen molar-refractivity contribution in [3.05, 3.63) is 0 Å². The molecule has 2 bridgehead atoms. The summed E-state index contributed by atoms with van der Waals surface area (Å²) >= 11 is 0. The normalized spacial score (nSPS) is 35.2. The molecule has 0 saturated heterocycles. The van der Waals surface area contributed by atoms with E-state index in [-0.39, 0.29) is 30.0 Å². The number of rotatable bonds is 4. The fourth-order valence-electron chi connectivity index (χ4n) is 3.92. The van der Waals surface area contributed by atoms with Crippen LogP contribution in [0.5, 0.6) is 0 Å². The quantitative estimate of drug-likeness (QED) is 0.798. The predicted octanol–water partition coefficient (Wildman–Crippen LogP) is 2.49. The van der Waals surface area contributed by atoms with Gasteiger partial charge in [0.1, 0.15) is 5.78 Å². The third kappa shape index (κ3) is 1.76. The standard InChI is InChI=1S/C13H20O3/c1-13(2)9-4-3-8(7-9)12(13)10(14)5-6-11(15)16/h8-9,12H,3-7H2,1-2H3,(H,15,16)/t8-,9+,12-/m0/s1. The minimum atomic E-state index is -0.866. The van der Waals surface area contributed by atoms with Crippen LogP contribution in [0.15, 0.2) is 0 Å². The number of ketones is 1. The third-order valence-electron chi connectivity index (χ3n) is 4.73. The summed E-state index contributed by atoms with van der Waals surface area (Å²) in [5, 5.41) is 8.61. The largest absolute Gasteiger partial charge is 0.481 e. The van der Waals surface area contributed by atoms with E-state index in [0.29, 0.717) is 11.8 Å². The fraction of sp³-hybridized carbons (Fsp3) is 0.846. The Kier molecular flexibility index (Phi) is 2.81. The number of fused-ring (bicyclic) bond motifs is 2. The summed E-state index contributed by atoms with van der Waals surface area (Å²) in [6.45, 7) is 4.36. The Bertz CT molecular complexity index is 319. The van der Waals surface area contributed by atoms with Gasteiger partial charge < -0.3 is 5.11 Å². The van der Waals surface area contributed by atoms with Crippen LogP contribution in [0.2, 0.25) is 0 Å². The van der Waals surface area contributed by atoms with E-state index >= 15 is 0 Å². The zero-order valence-corrected chi connectivity index (χ0v) is 10.0. The number of Topliss-reactive ketones (excluding diaryl/α,β-unsaturated/α-hetero) is 1. The SMILES string of the molecule is CC1(C)[C@@H]2CC[C@@H](C2)[C@H]1C(=O)CCC(=O)O. The molecular formula is C13H20O3. The average Bonchev–Trinajstić information content (AvgIpc) is 2.71. The lowest BCUT2D eigenvalue weighted by Gasteiger charge is -2.37. The first-order chi connectivity index (χ1) is 7.43. The van der Waals surface area contributed by atoms with Gasteiger partial charge in [-0.1, -0.05) is 13.8 Å². The number of carboxylic acids is 1. The van der Waals surface area contributed by atoms with Crippen molar-refractivity contribution in [2.75, 3.05) is 0 Å². The maximum Gasteiger partial charge on any atom is 0.303 e. The van der Waals surface area contributed by atoms with Gasteiger partial charge in [-0.05, 0) is 36.5 Å². The Labute approximate surface area is 96.2 Å². The van der Waals surface area contributed by atoms with Gasteiger partial charge in [0.2, 0.25) is 0 Å². The summed E-state index contributed by atoms with van der Waals surface area (Å²) in [4.78, 5) is 22.6. The summed E-state index contributed by atoms with van der Waals surface area (Å²) in [6.07, 6.45) is 3.80. The number of carbonyl (C=O) groups is 2. The summed E-state index contributed by atoms with van der Waals surface area (Å²) in [6, 6.07) is 0. The molecule has 0 aromatic heterocycles. The van der Waals surface area contributed by atoms with Gasteiger partial charge in [-0.2, -0.15) is 0 Å². The highest BCUT2D eigenvalue weighted by Gasteiger charge is 2.54. The first-order valence-corrected chi connectivity index (χ1v) is 6.17. The Morgan fingerprint density at radius 1 is 1.25 bits per heavy atom. The van der Waals surface area contributed by atoms with Gasteiger partial charge in [-0.25, -0.2) is 0 Å². The van der Waals surface area contributed by atoms with Crippen molar-refractivity contribution in [2.45, 2.75) is 46.0 Å². The van der Waals surface area contributed by atoms with Crippen LogP contribution in [0.4, 0.5) is 0 Å². The predicted molar refractivity (Wildman–Crippen MR) is 60.0 cm³/mol. The van der Waals surface area contributed by atoms with Crippen LogP contribution in [-0.4, -0.2) is 16.9 Å². The molecule has 2 fully saturated rings. The van der Waals surface area contributed by atoms with Gasteiger partial charge in [0.15, 0.2) is 0 Å². The highest BCUT2D eigenvalue weighted by Crippen LogP contribution is 2.59. The van der Waals surface area contributed by atoms with Gasteiger partial charge >= 0.3 is 5.97 Å². The molecule has 2 aliphatic carbocycles. The summed E-state index contributed by atoms with van der Waals surface area (Å²) < 4.78 is 0. The molecule has 2 saturated carbocycles. The highest BCUT2D eigenvalue weighted by molar-refractivity contribution is 5.85. The van der Waals surface area contributed by atoms with Crippen molar-refractivity contribution in [3.8, 4) is 0 Å². The van der Waals surface area contributed by atoms with E-state index in [2.05, 4.69) is 13.8 Å². The second kappa shape index (κ2) is 3.86. The molecular weight excluding hydrogens is 204 g/mol. The molecule has 0 heterocycles. The molecule has 0 aromatic carbocycles. The first-order valence-electron chi connectivity index (χ1n) is 6.17. The number of aliphatic carboxylic acids is 1. The molecule has 90 valence electrons. The molecule has 0 aliphatic heterocycles. The smallest absolute Gasteiger partial charge is 0.303 e. The number of carbonyl (C=O) groups excluding carboxylic acids is 1. The fourth-order valence-corrected chi connectivity index (χ4v) is 3.92. The maximum absolute atomic E-state index is 12.1. The molecule has 1 N–H and O–H groups in total.